The summed E-state index contributed by atoms with van der Waals surface area (Å²) in [6, 6.07) is 0.943. The van der Waals surface area contributed by atoms with Crippen LogP contribution in [-0.4, -0.2) is 36.1 Å². The van der Waals surface area contributed by atoms with E-state index in [0.717, 1.165) is 18.5 Å². The van der Waals surface area contributed by atoms with Gasteiger partial charge in [0, 0.05) is 11.6 Å². The van der Waals surface area contributed by atoms with Crippen LogP contribution >= 0.6 is 0 Å². The molecule has 1 N–H and O–H groups in total. The summed E-state index contributed by atoms with van der Waals surface area (Å²) in [5.74, 6) is 1.04. The summed E-state index contributed by atoms with van der Waals surface area (Å²) in [7, 11) is 0. The van der Waals surface area contributed by atoms with Gasteiger partial charge in [-0.25, -0.2) is 0 Å². The number of hydrogen-bond donors (Lipinski definition) is 1. The normalized spacial score (nSPS) is 30.5. The zero-order valence-corrected chi connectivity index (χ0v) is 12.0. The van der Waals surface area contributed by atoms with E-state index in [0.29, 0.717) is 0 Å². The van der Waals surface area contributed by atoms with Gasteiger partial charge < -0.3 is 10.2 Å². The molecule has 2 atom stereocenters. The van der Waals surface area contributed by atoms with Crippen LogP contribution in [0, 0.1) is 5.92 Å². The van der Waals surface area contributed by atoms with Crippen molar-refractivity contribution in [1.82, 2.24) is 10.2 Å². The smallest absolute Gasteiger partial charge is 0.0124 e. The average Bonchev–Trinajstić information content (AvgIpc) is 2.67. The molecule has 1 saturated carbocycles. The number of rotatable bonds is 4. The SMILES string of the molecule is CC(C)(C)NCCCN1CCC2CCCCC21. The van der Waals surface area contributed by atoms with Gasteiger partial charge >= 0.3 is 0 Å². The van der Waals surface area contributed by atoms with Crippen LogP contribution in [0.25, 0.3) is 0 Å². The highest BCUT2D eigenvalue weighted by Gasteiger charge is 2.34. The van der Waals surface area contributed by atoms with E-state index in [-0.39, 0.29) is 5.54 Å². The summed E-state index contributed by atoms with van der Waals surface area (Å²) in [6.45, 7) is 10.6. The summed E-state index contributed by atoms with van der Waals surface area (Å²) in [5.41, 5.74) is 0.276. The summed E-state index contributed by atoms with van der Waals surface area (Å²) >= 11 is 0. The Hall–Kier alpha value is -0.0800. The van der Waals surface area contributed by atoms with Gasteiger partial charge in [-0.15, -0.1) is 0 Å². The summed E-state index contributed by atoms with van der Waals surface area (Å²) < 4.78 is 0. The second-order valence-corrected chi connectivity index (χ2v) is 6.97. The predicted molar refractivity (Wildman–Crippen MR) is 74.3 cm³/mol. The Balaban J connectivity index is 1.66. The van der Waals surface area contributed by atoms with Crippen LogP contribution in [0.1, 0.15) is 59.3 Å². The zero-order valence-electron chi connectivity index (χ0n) is 12.0. The van der Waals surface area contributed by atoms with Crippen LogP contribution in [-0.2, 0) is 0 Å². The molecule has 1 aliphatic heterocycles. The van der Waals surface area contributed by atoms with Crippen LogP contribution in [0.2, 0.25) is 0 Å². The highest BCUT2D eigenvalue weighted by atomic mass is 15.2. The minimum Gasteiger partial charge on any atom is -0.312 e. The first-order valence-corrected chi connectivity index (χ1v) is 7.55. The van der Waals surface area contributed by atoms with Gasteiger partial charge in [0.25, 0.3) is 0 Å². The van der Waals surface area contributed by atoms with Gasteiger partial charge in [-0.3, -0.25) is 0 Å². The second kappa shape index (κ2) is 5.71. The van der Waals surface area contributed by atoms with Crippen molar-refractivity contribution in [1.29, 1.82) is 0 Å². The van der Waals surface area contributed by atoms with Crippen LogP contribution in [0.3, 0.4) is 0 Å². The Bertz CT molecular complexity index is 232. The van der Waals surface area contributed by atoms with Crippen LogP contribution in [0.15, 0.2) is 0 Å². The van der Waals surface area contributed by atoms with Gasteiger partial charge in [-0.2, -0.15) is 0 Å². The molecule has 100 valence electrons. The Morgan fingerprint density at radius 2 is 1.88 bits per heavy atom. The Labute approximate surface area is 107 Å². The maximum Gasteiger partial charge on any atom is 0.0124 e. The average molecular weight is 238 g/mol. The van der Waals surface area contributed by atoms with Crippen molar-refractivity contribution in [3.63, 3.8) is 0 Å². The highest BCUT2D eigenvalue weighted by molar-refractivity contribution is 4.89. The fourth-order valence-electron chi connectivity index (χ4n) is 3.53. The molecule has 2 unspecified atom stereocenters. The molecule has 0 bridgehead atoms. The number of nitrogens with one attached hydrogen (secondary N) is 1. The number of fused-ring (bicyclic) bond motifs is 1. The molecule has 2 nitrogen and oxygen atoms in total. The van der Waals surface area contributed by atoms with E-state index in [2.05, 4.69) is 31.0 Å². The van der Waals surface area contributed by atoms with E-state index < -0.39 is 0 Å². The van der Waals surface area contributed by atoms with Gasteiger partial charge in [0.05, 0.1) is 0 Å². The van der Waals surface area contributed by atoms with Crippen molar-refractivity contribution in [3.05, 3.63) is 0 Å². The fraction of sp³-hybridized carbons (Fsp3) is 1.00. The Kier molecular flexibility index (Phi) is 4.48. The van der Waals surface area contributed by atoms with Gasteiger partial charge in [0.2, 0.25) is 0 Å². The third-order valence-corrected chi connectivity index (χ3v) is 4.40. The molecule has 2 rings (SSSR count). The summed E-state index contributed by atoms with van der Waals surface area (Å²) in [5, 5.41) is 3.59. The van der Waals surface area contributed by atoms with E-state index in [1.165, 1.54) is 51.6 Å². The maximum atomic E-state index is 3.59. The van der Waals surface area contributed by atoms with E-state index in [9.17, 15) is 0 Å². The molecule has 0 aromatic rings. The molecule has 2 fully saturated rings. The van der Waals surface area contributed by atoms with Gasteiger partial charge in [-0.1, -0.05) is 12.8 Å². The molecule has 0 spiro atoms. The third-order valence-electron chi connectivity index (χ3n) is 4.40. The standard InChI is InChI=1S/C15H30N2/c1-15(2,3)16-10-6-11-17-12-9-13-7-4-5-8-14(13)17/h13-14,16H,4-12H2,1-3H3. The monoisotopic (exact) mass is 238 g/mol. The van der Waals surface area contributed by atoms with Crippen molar-refractivity contribution < 1.29 is 0 Å². The number of hydrogen-bond acceptors (Lipinski definition) is 2. The summed E-state index contributed by atoms with van der Waals surface area (Å²) in [6.07, 6.45) is 8.70. The highest BCUT2D eigenvalue weighted by Crippen LogP contribution is 2.35. The Morgan fingerprint density at radius 1 is 1.12 bits per heavy atom. The Morgan fingerprint density at radius 3 is 2.65 bits per heavy atom. The molecule has 2 heteroatoms. The third kappa shape index (κ3) is 3.96. The van der Waals surface area contributed by atoms with Crippen molar-refractivity contribution in [2.45, 2.75) is 70.9 Å². The molecule has 17 heavy (non-hydrogen) atoms. The lowest BCUT2D eigenvalue weighted by molar-refractivity contribution is 0.179. The van der Waals surface area contributed by atoms with Crippen LogP contribution in [0.5, 0.6) is 0 Å². The van der Waals surface area contributed by atoms with Crippen molar-refractivity contribution in [2.24, 2.45) is 5.92 Å². The van der Waals surface area contributed by atoms with E-state index in [4.69, 9.17) is 0 Å². The lowest BCUT2D eigenvalue weighted by Gasteiger charge is -2.32. The molecule has 2 aliphatic rings. The van der Waals surface area contributed by atoms with Crippen LogP contribution < -0.4 is 5.32 Å². The van der Waals surface area contributed by atoms with Gasteiger partial charge in [0.1, 0.15) is 0 Å². The minimum atomic E-state index is 0.276. The zero-order chi connectivity index (χ0) is 12.3. The first-order chi connectivity index (χ1) is 8.06. The van der Waals surface area contributed by atoms with Crippen molar-refractivity contribution in [3.8, 4) is 0 Å². The lowest BCUT2D eigenvalue weighted by atomic mass is 9.85. The van der Waals surface area contributed by atoms with Gasteiger partial charge in [0.15, 0.2) is 0 Å². The number of likely N-dealkylation sites (tertiary alicyclic amines) is 1. The van der Waals surface area contributed by atoms with E-state index >= 15 is 0 Å². The molecule has 1 heterocycles. The summed E-state index contributed by atoms with van der Waals surface area (Å²) in [4.78, 5) is 2.77. The first-order valence-electron chi connectivity index (χ1n) is 7.55. The molecule has 0 amide bonds. The largest absolute Gasteiger partial charge is 0.312 e. The molecule has 0 aromatic carbocycles. The second-order valence-electron chi connectivity index (χ2n) is 6.97. The van der Waals surface area contributed by atoms with Crippen molar-refractivity contribution in [2.75, 3.05) is 19.6 Å². The maximum absolute atomic E-state index is 3.59. The predicted octanol–water partition coefficient (Wildman–Crippen LogP) is 3.03. The molecule has 1 saturated heterocycles. The lowest BCUT2D eigenvalue weighted by Crippen LogP contribution is -2.39. The van der Waals surface area contributed by atoms with Crippen molar-refractivity contribution >= 4 is 0 Å². The molecular weight excluding hydrogens is 208 g/mol. The molecular formula is C15H30N2. The van der Waals surface area contributed by atoms with Gasteiger partial charge in [-0.05, 0) is 72.0 Å². The molecule has 0 radical (unpaired) electrons. The molecule has 0 aromatic heterocycles. The fourth-order valence-corrected chi connectivity index (χ4v) is 3.53. The minimum absolute atomic E-state index is 0.276. The topological polar surface area (TPSA) is 15.3 Å². The van der Waals surface area contributed by atoms with E-state index in [1.54, 1.807) is 0 Å². The molecule has 1 aliphatic carbocycles. The first kappa shape index (κ1) is 13.4. The number of nitrogens with zero attached hydrogens (tertiary/aromatic N) is 1. The van der Waals surface area contributed by atoms with E-state index in [1.807, 2.05) is 0 Å². The quantitative estimate of drug-likeness (QED) is 0.757. The van der Waals surface area contributed by atoms with Crippen LogP contribution in [0.4, 0.5) is 0 Å².